The fraction of sp³-hybridized carbons (Fsp3) is 0.300. The lowest BCUT2D eigenvalue weighted by molar-refractivity contribution is 0.519. The van der Waals surface area contributed by atoms with Crippen molar-refractivity contribution in [2.75, 3.05) is 0 Å². The first-order chi connectivity index (χ1) is 8.58. The van der Waals surface area contributed by atoms with E-state index < -0.39 is 17.7 Å². The zero-order valence-electron chi connectivity index (χ0n) is 9.64. The van der Waals surface area contributed by atoms with Gasteiger partial charge in [-0.05, 0) is 22.9 Å². The van der Waals surface area contributed by atoms with Crippen LogP contribution >= 0.6 is 0 Å². The van der Waals surface area contributed by atoms with Crippen molar-refractivity contribution in [3.63, 3.8) is 0 Å². The minimum absolute atomic E-state index is 0.285. The molecule has 0 spiro atoms. The van der Waals surface area contributed by atoms with E-state index in [1.807, 2.05) is 0 Å². The van der Waals surface area contributed by atoms with Crippen molar-refractivity contribution in [3.8, 4) is 0 Å². The summed E-state index contributed by atoms with van der Waals surface area (Å²) in [4.78, 5) is 1.30. The van der Waals surface area contributed by atoms with Gasteiger partial charge in [0.2, 0.25) is 0 Å². The molecule has 0 aliphatic rings. The van der Waals surface area contributed by atoms with Crippen LogP contribution in [0, 0.1) is 11.6 Å². The third kappa shape index (κ3) is 2.84. The number of benzene rings is 1. The van der Waals surface area contributed by atoms with Crippen molar-refractivity contribution in [2.45, 2.75) is 12.5 Å². The third-order valence-electron chi connectivity index (χ3n) is 2.42. The molecule has 1 aromatic carbocycles. The summed E-state index contributed by atoms with van der Waals surface area (Å²) in [7, 11) is 1.63. The van der Waals surface area contributed by atoms with Crippen LogP contribution in [0.25, 0.3) is 0 Å². The summed E-state index contributed by atoms with van der Waals surface area (Å²) in [5, 5.41) is 11.4. The monoisotopic (exact) mass is 254 g/mol. The van der Waals surface area contributed by atoms with Gasteiger partial charge in [-0.3, -0.25) is 11.3 Å². The van der Waals surface area contributed by atoms with E-state index >= 15 is 0 Å². The summed E-state index contributed by atoms with van der Waals surface area (Å²) in [5.41, 5.74) is 2.87. The number of halogens is 2. The predicted molar refractivity (Wildman–Crippen MR) is 58.9 cm³/mol. The van der Waals surface area contributed by atoms with Crippen LogP contribution in [-0.4, -0.2) is 20.2 Å². The maximum atomic E-state index is 13.1. The molecule has 1 atom stereocenters. The van der Waals surface area contributed by atoms with Crippen LogP contribution in [0.4, 0.5) is 8.78 Å². The van der Waals surface area contributed by atoms with Gasteiger partial charge in [0.25, 0.3) is 0 Å². The van der Waals surface area contributed by atoms with E-state index in [9.17, 15) is 8.78 Å². The number of nitrogens with two attached hydrogens (primary N) is 1. The van der Waals surface area contributed by atoms with Gasteiger partial charge in [0.15, 0.2) is 5.82 Å². The molecule has 0 aliphatic carbocycles. The number of nitrogens with zero attached hydrogens (tertiary/aromatic N) is 4. The largest absolute Gasteiger partial charge is 0.271 e. The lowest BCUT2D eigenvalue weighted by atomic mass is 10.0. The summed E-state index contributed by atoms with van der Waals surface area (Å²) in [6, 6.07) is 2.74. The molecule has 96 valence electrons. The normalized spacial score (nSPS) is 12.7. The van der Waals surface area contributed by atoms with Crippen LogP contribution in [0.5, 0.6) is 0 Å². The maximum Gasteiger partial charge on any atom is 0.176 e. The van der Waals surface area contributed by atoms with E-state index in [-0.39, 0.29) is 6.42 Å². The molecular weight excluding hydrogens is 242 g/mol. The van der Waals surface area contributed by atoms with E-state index in [4.69, 9.17) is 5.84 Å². The van der Waals surface area contributed by atoms with Crippen molar-refractivity contribution in [3.05, 3.63) is 41.2 Å². The highest BCUT2D eigenvalue weighted by Gasteiger charge is 2.15. The average Bonchev–Trinajstić information content (AvgIpc) is 2.70. The number of nitrogens with one attached hydrogen (secondary N) is 1. The Morgan fingerprint density at radius 2 is 2.00 bits per heavy atom. The van der Waals surface area contributed by atoms with Crippen molar-refractivity contribution in [2.24, 2.45) is 12.9 Å². The minimum atomic E-state index is -0.655. The van der Waals surface area contributed by atoms with Gasteiger partial charge in [-0.25, -0.2) is 8.78 Å². The summed E-state index contributed by atoms with van der Waals surface area (Å²) in [6.07, 6.45) is 0.285. The SMILES string of the molecule is Cn1nnc(CC(NN)c2cc(F)cc(F)c2)n1. The number of aryl methyl sites for hydroxylation is 1. The molecule has 1 unspecified atom stereocenters. The molecule has 0 radical (unpaired) electrons. The summed E-state index contributed by atoms with van der Waals surface area (Å²) in [5.74, 6) is 4.51. The molecule has 0 amide bonds. The van der Waals surface area contributed by atoms with Crippen LogP contribution in [-0.2, 0) is 13.5 Å². The van der Waals surface area contributed by atoms with Gasteiger partial charge in [0, 0.05) is 12.5 Å². The Morgan fingerprint density at radius 1 is 1.33 bits per heavy atom. The highest BCUT2D eigenvalue weighted by Crippen LogP contribution is 2.18. The molecule has 18 heavy (non-hydrogen) atoms. The van der Waals surface area contributed by atoms with Crippen molar-refractivity contribution in [1.82, 2.24) is 25.6 Å². The number of tetrazole rings is 1. The van der Waals surface area contributed by atoms with Crippen molar-refractivity contribution in [1.29, 1.82) is 0 Å². The molecule has 2 rings (SSSR count). The molecule has 0 saturated carbocycles. The Hall–Kier alpha value is -1.93. The summed E-state index contributed by atoms with van der Waals surface area (Å²) in [6.45, 7) is 0. The molecule has 0 saturated heterocycles. The fourth-order valence-corrected chi connectivity index (χ4v) is 1.64. The number of hydrogen-bond donors (Lipinski definition) is 2. The smallest absolute Gasteiger partial charge is 0.176 e. The first-order valence-corrected chi connectivity index (χ1v) is 5.23. The van der Waals surface area contributed by atoms with Crippen LogP contribution in [0.2, 0.25) is 0 Å². The van der Waals surface area contributed by atoms with Crippen molar-refractivity contribution >= 4 is 0 Å². The van der Waals surface area contributed by atoms with Gasteiger partial charge in [-0.15, -0.1) is 10.2 Å². The summed E-state index contributed by atoms with van der Waals surface area (Å²) >= 11 is 0. The second-order valence-corrected chi connectivity index (χ2v) is 3.82. The van der Waals surface area contributed by atoms with Gasteiger partial charge < -0.3 is 0 Å². The molecule has 0 bridgehead atoms. The van der Waals surface area contributed by atoms with E-state index in [1.165, 1.54) is 16.9 Å². The molecule has 6 nitrogen and oxygen atoms in total. The minimum Gasteiger partial charge on any atom is -0.271 e. The Morgan fingerprint density at radius 3 is 2.50 bits per heavy atom. The van der Waals surface area contributed by atoms with Crippen molar-refractivity contribution < 1.29 is 8.78 Å². The quantitative estimate of drug-likeness (QED) is 0.603. The maximum absolute atomic E-state index is 13.1. The number of rotatable bonds is 4. The lowest BCUT2D eigenvalue weighted by Gasteiger charge is -2.14. The number of aromatic nitrogens is 4. The van der Waals surface area contributed by atoms with Crippen LogP contribution in [0.3, 0.4) is 0 Å². The molecule has 8 heteroatoms. The van der Waals surface area contributed by atoms with Gasteiger partial charge in [-0.2, -0.15) is 4.80 Å². The molecule has 1 heterocycles. The van der Waals surface area contributed by atoms with Crippen LogP contribution in [0.1, 0.15) is 17.4 Å². The molecule has 3 N–H and O–H groups in total. The fourth-order valence-electron chi connectivity index (χ4n) is 1.64. The lowest BCUT2D eigenvalue weighted by Crippen LogP contribution is -2.30. The molecule has 0 aliphatic heterocycles. The Labute approximate surface area is 102 Å². The average molecular weight is 254 g/mol. The van der Waals surface area contributed by atoms with Gasteiger partial charge in [0.05, 0.1) is 13.1 Å². The third-order valence-corrected chi connectivity index (χ3v) is 2.42. The first kappa shape index (κ1) is 12.5. The van der Waals surface area contributed by atoms with E-state index in [0.717, 1.165) is 6.07 Å². The Balaban J connectivity index is 2.22. The van der Waals surface area contributed by atoms with E-state index in [2.05, 4.69) is 20.8 Å². The second-order valence-electron chi connectivity index (χ2n) is 3.82. The van der Waals surface area contributed by atoms with Gasteiger partial charge >= 0.3 is 0 Å². The van der Waals surface area contributed by atoms with E-state index in [1.54, 1.807) is 7.05 Å². The van der Waals surface area contributed by atoms with Gasteiger partial charge in [0.1, 0.15) is 11.6 Å². The number of hydrazine groups is 1. The van der Waals surface area contributed by atoms with Gasteiger partial charge in [-0.1, -0.05) is 0 Å². The predicted octanol–water partition coefficient (Wildman–Crippen LogP) is 0.235. The molecular formula is C10H12F2N6. The van der Waals surface area contributed by atoms with Crippen LogP contribution in [0.15, 0.2) is 18.2 Å². The van der Waals surface area contributed by atoms with Crippen LogP contribution < -0.4 is 11.3 Å². The highest BCUT2D eigenvalue weighted by molar-refractivity contribution is 5.22. The van der Waals surface area contributed by atoms with E-state index in [0.29, 0.717) is 11.4 Å². The zero-order valence-corrected chi connectivity index (χ0v) is 9.64. The highest BCUT2D eigenvalue weighted by atomic mass is 19.1. The zero-order chi connectivity index (χ0) is 13.1. The first-order valence-electron chi connectivity index (χ1n) is 5.23. The molecule has 2 aromatic rings. The molecule has 0 fully saturated rings. The summed E-state index contributed by atoms with van der Waals surface area (Å²) < 4.78 is 26.2. The topological polar surface area (TPSA) is 81.7 Å². The Bertz CT molecular complexity index is 521. The Kier molecular flexibility index (Phi) is 3.58. The number of hydrogen-bond acceptors (Lipinski definition) is 5. The molecule has 1 aromatic heterocycles. The standard InChI is InChI=1S/C10H12F2N6/c1-18-16-10(15-17-18)5-9(14-13)6-2-7(11)4-8(12)3-6/h2-4,9,14H,5,13H2,1H3. The second kappa shape index (κ2) is 5.15.